The SMILES string of the molecule is CC(CN1CCCC1=O)NC(C)c1cccc(O)c1. The number of carbonyl (C=O) groups is 1. The van der Waals surface area contributed by atoms with E-state index in [9.17, 15) is 9.90 Å². The van der Waals surface area contributed by atoms with E-state index in [0.29, 0.717) is 6.42 Å². The molecule has 2 unspecified atom stereocenters. The summed E-state index contributed by atoms with van der Waals surface area (Å²) in [7, 11) is 0. The van der Waals surface area contributed by atoms with E-state index in [1.807, 2.05) is 17.0 Å². The van der Waals surface area contributed by atoms with Crippen LogP contribution in [0.1, 0.15) is 38.3 Å². The van der Waals surface area contributed by atoms with Crippen LogP contribution in [0.4, 0.5) is 0 Å². The maximum Gasteiger partial charge on any atom is 0.222 e. The molecule has 1 amide bonds. The minimum atomic E-state index is 0.153. The fourth-order valence-corrected chi connectivity index (χ4v) is 2.60. The van der Waals surface area contributed by atoms with Crippen molar-refractivity contribution in [1.29, 1.82) is 0 Å². The average molecular weight is 262 g/mol. The number of nitrogens with one attached hydrogen (secondary N) is 1. The number of phenolic OH excluding ortho intramolecular Hbond substituents is 1. The van der Waals surface area contributed by atoms with Gasteiger partial charge in [0.05, 0.1) is 0 Å². The van der Waals surface area contributed by atoms with Crippen molar-refractivity contribution >= 4 is 5.91 Å². The number of hydrogen-bond acceptors (Lipinski definition) is 3. The zero-order valence-electron chi connectivity index (χ0n) is 11.6. The Morgan fingerprint density at radius 1 is 1.42 bits per heavy atom. The molecule has 0 aromatic heterocycles. The highest BCUT2D eigenvalue weighted by Crippen LogP contribution is 2.18. The lowest BCUT2D eigenvalue weighted by Gasteiger charge is -2.25. The van der Waals surface area contributed by atoms with Crippen LogP contribution in [0.25, 0.3) is 0 Å². The van der Waals surface area contributed by atoms with Crippen LogP contribution >= 0.6 is 0 Å². The number of aromatic hydroxyl groups is 1. The van der Waals surface area contributed by atoms with E-state index in [2.05, 4.69) is 19.2 Å². The molecule has 1 aromatic rings. The molecule has 1 heterocycles. The summed E-state index contributed by atoms with van der Waals surface area (Å²) in [6.45, 7) is 5.79. The molecule has 1 aliphatic rings. The highest BCUT2D eigenvalue weighted by atomic mass is 16.3. The second-order valence-electron chi connectivity index (χ2n) is 5.33. The normalized spacial score (nSPS) is 18.6. The first-order valence-electron chi connectivity index (χ1n) is 6.89. The van der Waals surface area contributed by atoms with E-state index in [1.54, 1.807) is 12.1 Å². The summed E-state index contributed by atoms with van der Waals surface area (Å²) in [5.74, 6) is 0.548. The first-order chi connectivity index (χ1) is 9.06. The van der Waals surface area contributed by atoms with Crippen LogP contribution in [0.2, 0.25) is 0 Å². The molecule has 0 spiro atoms. The highest BCUT2D eigenvalue weighted by Gasteiger charge is 2.22. The minimum absolute atomic E-state index is 0.153. The third-order valence-electron chi connectivity index (χ3n) is 3.57. The van der Waals surface area contributed by atoms with Crippen molar-refractivity contribution < 1.29 is 9.90 Å². The molecule has 0 saturated carbocycles. The van der Waals surface area contributed by atoms with Gasteiger partial charge in [0.1, 0.15) is 5.75 Å². The Balaban J connectivity index is 1.87. The van der Waals surface area contributed by atoms with E-state index in [-0.39, 0.29) is 23.7 Å². The Morgan fingerprint density at radius 2 is 2.21 bits per heavy atom. The molecule has 0 bridgehead atoms. The first-order valence-corrected chi connectivity index (χ1v) is 6.89. The van der Waals surface area contributed by atoms with Gasteiger partial charge in [0.15, 0.2) is 0 Å². The predicted octanol–water partition coefficient (Wildman–Crippen LogP) is 2.05. The van der Waals surface area contributed by atoms with Crippen molar-refractivity contribution in [2.75, 3.05) is 13.1 Å². The van der Waals surface area contributed by atoms with Gasteiger partial charge in [0, 0.05) is 31.6 Å². The van der Waals surface area contributed by atoms with Crippen LogP contribution in [0, 0.1) is 0 Å². The van der Waals surface area contributed by atoms with Gasteiger partial charge in [-0.3, -0.25) is 4.79 Å². The summed E-state index contributed by atoms with van der Waals surface area (Å²) < 4.78 is 0. The second kappa shape index (κ2) is 6.06. The van der Waals surface area contributed by atoms with Gasteiger partial charge in [0.2, 0.25) is 5.91 Å². The van der Waals surface area contributed by atoms with Crippen molar-refractivity contribution in [3.63, 3.8) is 0 Å². The Morgan fingerprint density at radius 3 is 2.84 bits per heavy atom. The highest BCUT2D eigenvalue weighted by molar-refractivity contribution is 5.78. The fraction of sp³-hybridized carbons (Fsp3) is 0.533. The Hall–Kier alpha value is -1.55. The van der Waals surface area contributed by atoms with Gasteiger partial charge in [-0.15, -0.1) is 0 Å². The van der Waals surface area contributed by atoms with Gasteiger partial charge in [-0.1, -0.05) is 12.1 Å². The standard InChI is InChI=1S/C15H22N2O2/c1-11(10-17-8-4-7-15(17)19)16-12(2)13-5-3-6-14(18)9-13/h3,5-6,9,11-12,16,18H,4,7-8,10H2,1-2H3. The molecular weight excluding hydrogens is 240 g/mol. The third-order valence-corrected chi connectivity index (χ3v) is 3.57. The van der Waals surface area contributed by atoms with Gasteiger partial charge in [-0.25, -0.2) is 0 Å². The topological polar surface area (TPSA) is 52.6 Å². The summed E-state index contributed by atoms with van der Waals surface area (Å²) in [6.07, 6.45) is 1.67. The second-order valence-corrected chi connectivity index (χ2v) is 5.33. The maximum absolute atomic E-state index is 11.6. The summed E-state index contributed by atoms with van der Waals surface area (Å²) in [5.41, 5.74) is 1.06. The summed E-state index contributed by atoms with van der Waals surface area (Å²) in [6, 6.07) is 7.66. The molecular formula is C15H22N2O2. The van der Waals surface area contributed by atoms with E-state index in [0.717, 1.165) is 25.1 Å². The molecule has 0 aliphatic carbocycles. The van der Waals surface area contributed by atoms with Crippen molar-refractivity contribution in [1.82, 2.24) is 10.2 Å². The summed E-state index contributed by atoms with van der Waals surface area (Å²) in [5, 5.41) is 12.9. The number of hydrogen-bond donors (Lipinski definition) is 2. The van der Waals surface area contributed by atoms with Crippen molar-refractivity contribution in [3.8, 4) is 5.75 Å². The van der Waals surface area contributed by atoms with Crippen molar-refractivity contribution in [2.45, 2.75) is 38.8 Å². The molecule has 19 heavy (non-hydrogen) atoms. The molecule has 4 heteroatoms. The third kappa shape index (κ3) is 3.70. The number of rotatable bonds is 5. The molecule has 104 valence electrons. The molecule has 2 atom stereocenters. The Labute approximate surface area is 114 Å². The largest absolute Gasteiger partial charge is 0.508 e. The zero-order chi connectivity index (χ0) is 13.8. The summed E-state index contributed by atoms with van der Waals surface area (Å²) >= 11 is 0. The van der Waals surface area contributed by atoms with Crippen molar-refractivity contribution in [2.24, 2.45) is 0 Å². The molecule has 1 aromatic carbocycles. The number of likely N-dealkylation sites (tertiary alicyclic amines) is 1. The number of benzene rings is 1. The Kier molecular flexibility index (Phi) is 4.43. The van der Waals surface area contributed by atoms with Crippen LogP contribution in [0.5, 0.6) is 5.75 Å². The van der Waals surface area contributed by atoms with Gasteiger partial charge >= 0.3 is 0 Å². The predicted molar refractivity (Wildman–Crippen MR) is 74.9 cm³/mol. The fourth-order valence-electron chi connectivity index (χ4n) is 2.60. The molecule has 1 fully saturated rings. The Bertz CT molecular complexity index is 448. The number of carbonyl (C=O) groups excluding carboxylic acids is 1. The lowest BCUT2D eigenvalue weighted by Crippen LogP contribution is -2.40. The maximum atomic E-state index is 11.6. The quantitative estimate of drug-likeness (QED) is 0.854. The number of nitrogens with zero attached hydrogens (tertiary/aromatic N) is 1. The van der Waals surface area contributed by atoms with E-state index in [4.69, 9.17) is 0 Å². The van der Waals surface area contributed by atoms with E-state index in [1.165, 1.54) is 0 Å². The minimum Gasteiger partial charge on any atom is -0.508 e. The average Bonchev–Trinajstić information content (AvgIpc) is 2.75. The molecule has 1 saturated heterocycles. The molecule has 0 radical (unpaired) electrons. The lowest BCUT2D eigenvalue weighted by atomic mass is 10.1. The molecule has 2 rings (SSSR count). The molecule has 1 aliphatic heterocycles. The zero-order valence-corrected chi connectivity index (χ0v) is 11.6. The molecule has 4 nitrogen and oxygen atoms in total. The lowest BCUT2D eigenvalue weighted by molar-refractivity contribution is -0.127. The van der Waals surface area contributed by atoms with Crippen LogP contribution in [0.15, 0.2) is 24.3 Å². The van der Waals surface area contributed by atoms with Gasteiger partial charge in [-0.2, -0.15) is 0 Å². The number of amides is 1. The van der Waals surface area contributed by atoms with E-state index < -0.39 is 0 Å². The molecule has 2 N–H and O–H groups in total. The van der Waals surface area contributed by atoms with E-state index >= 15 is 0 Å². The van der Waals surface area contributed by atoms with Crippen LogP contribution < -0.4 is 5.32 Å². The van der Waals surface area contributed by atoms with Crippen LogP contribution in [-0.4, -0.2) is 35.0 Å². The van der Waals surface area contributed by atoms with Gasteiger partial charge < -0.3 is 15.3 Å². The summed E-state index contributed by atoms with van der Waals surface area (Å²) in [4.78, 5) is 13.5. The van der Waals surface area contributed by atoms with Gasteiger partial charge in [0.25, 0.3) is 0 Å². The first kappa shape index (κ1) is 13.9. The number of phenols is 1. The van der Waals surface area contributed by atoms with Crippen LogP contribution in [0.3, 0.4) is 0 Å². The monoisotopic (exact) mass is 262 g/mol. The van der Waals surface area contributed by atoms with Crippen LogP contribution in [-0.2, 0) is 4.79 Å². The van der Waals surface area contributed by atoms with Gasteiger partial charge in [-0.05, 0) is 38.0 Å². The smallest absolute Gasteiger partial charge is 0.222 e. The van der Waals surface area contributed by atoms with Crippen molar-refractivity contribution in [3.05, 3.63) is 29.8 Å².